The second-order valence-electron chi connectivity index (χ2n) is 22.4. The molecule has 0 aromatic heterocycles. The van der Waals surface area contributed by atoms with Gasteiger partial charge in [0.15, 0.2) is 6.10 Å². The Hall–Kier alpha value is -3.93. The van der Waals surface area contributed by atoms with Crippen molar-refractivity contribution in [3.05, 3.63) is 109 Å². The molecular formula is C74H126O6. The summed E-state index contributed by atoms with van der Waals surface area (Å²) in [6.45, 7) is 6.52. The van der Waals surface area contributed by atoms with Gasteiger partial charge in [-0.2, -0.15) is 0 Å². The van der Waals surface area contributed by atoms with Crippen LogP contribution in [0.15, 0.2) is 109 Å². The molecule has 0 heterocycles. The Morgan fingerprint density at radius 1 is 0.263 bits per heavy atom. The van der Waals surface area contributed by atoms with Gasteiger partial charge in [-0.1, -0.05) is 304 Å². The van der Waals surface area contributed by atoms with E-state index in [-0.39, 0.29) is 31.1 Å². The van der Waals surface area contributed by atoms with Gasteiger partial charge in [0.1, 0.15) is 13.2 Å². The van der Waals surface area contributed by atoms with E-state index in [1.54, 1.807) is 0 Å². The Morgan fingerprint density at radius 2 is 0.487 bits per heavy atom. The van der Waals surface area contributed by atoms with E-state index in [0.29, 0.717) is 19.3 Å². The monoisotopic (exact) mass is 1110 g/mol. The van der Waals surface area contributed by atoms with E-state index in [0.717, 1.165) is 116 Å². The minimum Gasteiger partial charge on any atom is -0.462 e. The number of carbonyl (C=O) groups is 3. The maximum atomic E-state index is 12.9. The smallest absolute Gasteiger partial charge is 0.306 e. The lowest BCUT2D eigenvalue weighted by molar-refractivity contribution is -0.167. The minimum atomic E-state index is -0.784. The molecule has 458 valence electrons. The number of esters is 3. The molecule has 0 aliphatic heterocycles. The van der Waals surface area contributed by atoms with E-state index in [1.807, 2.05) is 0 Å². The van der Waals surface area contributed by atoms with Gasteiger partial charge in [-0.15, -0.1) is 0 Å². The maximum absolute atomic E-state index is 12.9. The van der Waals surface area contributed by atoms with E-state index in [2.05, 4.69) is 130 Å². The second-order valence-corrected chi connectivity index (χ2v) is 22.4. The number of unbranched alkanes of at least 4 members (excludes halogenated alkanes) is 32. The van der Waals surface area contributed by atoms with Crippen LogP contribution in [0.2, 0.25) is 0 Å². The first-order valence-corrected chi connectivity index (χ1v) is 33.9. The van der Waals surface area contributed by atoms with Crippen molar-refractivity contribution in [3.63, 3.8) is 0 Å². The normalized spacial score (nSPS) is 12.8. The lowest BCUT2D eigenvalue weighted by atomic mass is 10.1. The first kappa shape index (κ1) is 76.1. The lowest BCUT2D eigenvalue weighted by Gasteiger charge is -2.18. The average Bonchev–Trinajstić information content (AvgIpc) is 3.46. The average molecular weight is 1110 g/mol. The Kier molecular flexibility index (Phi) is 64.3. The molecule has 0 bridgehead atoms. The molecule has 0 aromatic rings. The van der Waals surface area contributed by atoms with Gasteiger partial charge in [0, 0.05) is 19.3 Å². The van der Waals surface area contributed by atoms with Crippen LogP contribution in [0.4, 0.5) is 0 Å². The summed E-state index contributed by atoms with van der Waals surface area (Å²) >= 11 is 0. The molecular weight excluding hydrogens is 985 g/mol. The number of carbonyl (C=O) groups excluding carboxylic acids is 3. The molecule has 0 aromatic carbocycles. The molecule has 0 radical (unpaired) electrons. The van der Waals surface area contributed by atoms with Gasteiger partial charge in [-0.3, -0.25) is 14.4 Å². The van der Waals surface area contributed by atoms with E-state index in [9.17, 15) is 14.4 Å². The number of hydrogen-bond acceptors (Lipinski definition) is 6. The summed E-state index contributed by atoms with van der Waals surface area (Å²) in [5.74, 6) is -0.884. The molecule has 0 aliphatic rings. The molecule has 0 spiro atoms. The minimum absolute atomic E-state index is 0.0802. The van der Waals surface area contributed by atoms with Crippen LogP contribution in [-0.4, -0.2) is 37.2 Å². The van der Waals surface area contributed by atoms with Crippen LogP contribution in [0, 0.1) is 0 Å². The topological polar surface area (TPSA) is 78.9 Å². The SMILES string of the molecule is CC/C=C\C/C=C\C/C=C\C/C=C\C/C=C\C/C=C\CCCCCCCCCCCCC(=O)OCC(COC(=O)CCCCCCCCCCCC)OC(=O)CCCCCCCCCC/C=C\C/C=C\C/C=C\CCCCCCC. The summed E-state index contributed by atoms with van der Waals surface area (Å²) in [5, 5.41) is 0. The molecule has 0 saturated carbocycles. The van der Waals surface area contributed by atoms with Crippen LogP contribution in [0.25, 0.3) is 0 Å². The third-order valence-electron chi connectivity index (χ3n) is 14.5. The van der Waals surface area contributed by atoms with E-state index < -0.39 is 6.10 Å². The number of ether oxygens (including phenoxy) is 3. The molecule has 0 amide bonds. The van der Waals surface area contributed by atoms with E-state index >= 15 is 0 Å². The van der Waals surface area contributed by atoms with Gasteiger partial charge in [0.2, 0.25) is 0 Å². The number of hydrogen-bond donors (Lipinski definition) is 0. The van der Waals surface area contributed by atoms with Gasteiger partial charge in [0.05, 0.1) is 0 Å². The highest BCUT2D eigenvalue weighted by molar-refractivity contribution is 5.71. The molecule has 0 aliphatic carbocycles. The second kappa shape index (κ2) is 67.6. The van der Waals surface area contributed by atoms with Crippen molar-refractivity contribution < 1.29 is 28.6 Å². The predicted octanol–water partition coefficient (Wildman–Crippen LogP) is 23.4. The van der Waals surface area contributed by atoms with Crippen molar-refractivity contribution in [2.75, 3.05) is 13.2 Å². The lowest BCUT2D eigenvalue weighted by Crippen LogP contribution is -2.30. The summed E-state index contributed by atoms with van der Waals surface area (Å²) in [5.41, 5.74) is 0. The molecule has 6 nitrogen and oxygen atoms in total. The van der Waals surface area contributed by atoms with Crippen molar-refractivity contribution in [2.24, 2.45) is 0 Å². The van der Waals surface area contributed by atoms with Crippen molar-refractivity contribution >= 4 is 17.9 Å². The van der Waals surface area contributed by atoms with Gasteiger partial charge in [-0.25, -0.2) is 0 Å². The number of rotatable bonds is 61. The fourth-order valence-electron chi connectivity index (χ4n) is 9.45. The van der Waals surface area contributed by atoms with Crippen LogP contribution in [0.3, 0.4) is 0 Å². The number of allylic oxidation sites excluding steroid dienone is 18. The molecule has 6 heteroatoms. The van der Waals surface area contributed by atoms with Crippen molar-refractivity contribution in [3.8, 4) is 0 Å². The fraction of sp³-hybridized carbons (Fsp3) is 0.716. The standard InChI is InChI=1S/C74H126O6/c1-4-7-10-13-16-19-22-24-26-28-30-32-34-35-36-37-38-39-41-42-44-46-48-50-52-55-58-61-64-67-73(76)79-70-71(69-78-72(75)66-63-60-57-54-21-18-15-12-9-6-3)80-74(77)68-65-62-59-56-53-51-49-47-45-43-40-33-31-29-27-25-23-20-17-14-11-8-5-2/h7,10,16,19,23-26,29-32,35-36,38-40,43,71H,4-6,8-9,11-15,17-18,20-22,27-28,33-34,37,41-42,44-70H2,1-3H3/b10-7-,19-16-,25-23-,26-24-,31-29-,32-30-,36-35-,39-38-,43-40-. The van der Waals surface area contributed by atoms with Crippen molar-refractivity contribution in [1.82, 2.24) is 0 Å². The quantitative estimate of drug-likeness (QED) is 0.0261. The molecule has 0 fully saturated rings. The zero-order valence-electron chi connectivity index (χ0n) is 52.6. The Bertz CT molecular complexity index is 1610. The highest BCUT2D eigenvalue weighted by atomic mass is 16.6. The highest BCUT2D eigenvalue weighted by Crippen LogP contribution is 2.16. The first-order chi connectivity index (χ1) is 39.5. The summed E-state index contributed by atoms with van der Waals surface area (Å²) in [7, 11) is 0. The zero-order valence-corrected chi connectivity index (χ0v) is 52.6. The molecule has 0 N–H and O–H groups in total. The molecule has 1 atom stereocenters. The van der Waals surface area contributed by atoms with Crippen LogP contribution in [0.5, 0.6) is 0 Å². The summed E-state index contributed by atoms with van der Waals surface area (Å²) in [6, 6.07) is 0. The summed E-state index contributed by atoms with van der Waals surface area (Å²) < 4.78 is 16.9. The highest BCUT2D eigenvalue weighted by Gasteiger charge is 2.19. The van der Waals surface area contributed by atoms with Crippen LogP contribution in [-0.2, 0) is 28.6 Å². The zero-order chi connectivity index (χ0) is 57.8. The Morgan fingerprint density at radius 3 is 0.762 bits per heavy atom. The van der Waals surface area contributed by atoms with Crippen LogP contribution in [0.1, 0.15) is 323 Å². The maximum Gasteiger partial charge on any atom is 0.306 e. The van der Waals surface area contributed by atoms with E-state index in [1.165, 1.54) is 167 Å². The van der Waals surface area contributed by atoms with Gasteiger partial charge >= 0.3 is 17.9 Å². The van der Waals surface area contributed by atoms with Crippen molar-refractivity contribution in [1.29, 1.82) is 0 Å². The third kappa shape index (κ3) is 64.9. The predicted molar refractivity (Wildman–Crippen MR) is 348 cm³/mol. The van der Waals surface area contributed by atoms with Gasteiger partial charge in [0.25, 0.3) is 0 Å². The molecule has 80 heavy (non-hydrogen) atoms. The first-order valence-electron chi connectivity index (χ1n) is 33.9. The summed E-state index contributed by atoms with van der Waals surface area (Å²) in [4.78, 5) is 38.3. The molecule has 0 rings (SSSR count). The van der Waals surface area contributed by atoms with Crippen molar-refractivity contribution in [2.45, 2.75) is 329 Å². The Balaban J connectivity index is 4.25. The Labute approximate surface area is 495 Å². The van der Waals surface area contributed by atoms with Gasteiger partial charge < -0.3 is 14.2 Å². The largest absolute Gasteiger partial charge is 0.462 e. The fourth-order valence-corrected chi connectivity index (χ4v) is 9.45. The van der Waals surface area contributed by atoms with Gasteiger partial charge in [-0.05, 0) is 109 Å². The van der Waals surface area contributed by atoms with Crippen LogP contribution < -0.4 is 0 Å². The molecule has 1 unspecified atom stereocenters. The third-order valence-corrected chi connectivity index (χ3v) is 14.5. The van der Waals surface area contributed by atoms with Crippen LogP contribution >= 0.6 is 0 Å². The summed E-state index contributed by atoms with van der Waals surface area (Å²) in [6.07, 6.45) is 92.5. The van der Waals surface area contributed by atoms with E-state index in [4.69, 9.17) is 14.2 Å². The molecule has 0 saturated heterocycles.